The largest absolute Gasteiger partial charge is 0.507 e. The van der Waals surface area contributed by atoms with Crippen molar-refractivity contribution in [2.75, 3.05) is 12.0 Å². The molecular formula is C15H15ClN2O2. The fourth-order valence-corrected chi connectivity index (χ4v) is 1.79. The van der Waals surface area contributed by atoms with E-state index in [2.05, 4.69) is 10.5 Å². The molecule has 0 bridgehead atoms. The summed E-state index contributed by atoms with van der Waals surface area (Å²) < 4.78 is 5.29. The number of aromatic hydroxyl groups is 1. The van der Waals surface area contributed by atoms with E-state index >= 15 is 0 Å². The van der Waals surface area contributed by atoms with Crippen LogP contribution in [-0.2, 0) is 0 Å². The van der Waals surface area contributed by atoms with Gasteiger partial charge in [-0.25, -0.2) is 0 Å². The van der Waals surface area contributed by atoms with Gasteiger partial charge in [-0.2, -0.15) is 5.10 Å². The molecule has 0 aliphatic heterocycles. The van der Waals surface area contributed by atoms with Crippen LogP contribution in [0.2, 0.25) is 5.02 Å². The quantitative estimate of drug-likeness (QED) is 0.649. The minimum Gasteiger partial charge on any atom is -0.507 e. The van der Waals surface area contributed by atoms with Crippen molar-refractivity contribution in [1.82, 2.24) is 0 Å². The van der Waals surface area contributed by atoms with E-state index < -0.39 is 0 Å². The van der Waals surface area contributed by atoms with Crippen LogP contribution in [0.1, 0.15) is 12.5 Å². The summed E-state index contributed by atoms with van der Waals surface area (Å²) in [4.78, 5) is 0. The Morgan fingerprint density at radius 1 is 1.30 bits per heavy atom. The summed E-state index contributed by atoms with van der Waals surface area (Å²) >= 11 is 5.99. The van der Waals surface area contributed by atoms with Crippen LogP contribution in [0.25, 0.3) is 0 Å². The van der Waals surface area contributed by atoms with E-state index in [0.29, 0.717) is 28.6 Å². The van der Waals surface area contributed by atoms with Crippen molar-refractivity contribution in [1.29, 1.82) is 0 Å². The average molecular weight is 291 g/mol. The van der Waals surface area contributed by atoms with E-state index in [9.17, 15) is 5.11 Å². The topological polar surface area (TPSA) is 53.8 Å². The number of hydrogen-bond acceptors (Lipinski definition) is 4. The van der Waals surface area contributed by atoms with E-state index in [4.69, 9.17) is 16.3 Å². The molecule has 0 amide bonds. The second kappa shape index (κ2) is 6.82. The molecule has 0 aromatic heterocycles. The van der Waals surface area contributed by atoms with Crippen LogP contribution in [0.3, 0.4) is 0 Å². The number of ether oxygens (including phenoxy) is 1. The first-order valence-corrected chi connectivity index (χ1v) is 6.58. The van der Waals surface area contributed by atoms with Crippen LogP contribution in [0.4, 0.5) is 5.69 Å². The zero-order chi connectivity index (χ0) is 14.4. The van der Waals surface area contributed by atoms with Gasteiger partial charge in [-0.1, -0.05) is 23.7 Å². The molecule has 2 aromatic carbocycles. The molecule has 0 aliphatic carbocycles. The Hall–Kier alpha value is -2.20. The van der Waals surface area contributed by atoms with Gasteiger partial charge in [0.2, 0.25) is 0 Å². The maximum absolute atomic E-state index is 9.84. The maximum atomic E-state index is 9.84. The third kappa shape index (κ3) is 3.65. The summed E-state index contributed by atoms with van der Waals surface area (Å²) in [5.41, 5.74) is 4.12. The first-order valence-electron chi connectivity index (χ1n) is 6.20. The standard InChI is InChI=1S/C15H15ClN2O2/c1-2-20-12-8-7-11(15(19)9-12)10-17-18-14-6-4-3-5-13(14)16/h3-10,18-19H,2H2,1H3/b17-10+. The van der Waals surface area contributed by atoms with Crippen LogP contribution >= 0.6 is 11.6 Å². The molecule has 0 atom stereocenters. The third-order valence-corrected chi connectivity index (χ3v) is 2.90. The summed E-state index contributed by atoms with van der Waals surface area (Å²) in [6.45, 7) is 2.45. The van der Waals surface area contributed by atoms with E-state index in [1.807, 2.05) is 25.1 Å². The Balaban J connectivity index is 2.06. The Kier molecular flexibility index (Phi) is 4.85. The van der Waals surface area contributed by atoms with Gasteiger partial charge in [0.05, 0.1) is 23.5 Å². The lowest BCUT2D eigenvalue weighted by Crippen LogP contribution is -1.94. The first kappa shape index (κ1) is 14.2. The monoisotopic (exact) mass is 290 g/mol. The van der Waals surface area contributed by atoms with Crippen molar-refractivity contribution in [3.05, 3.63) is 53.1 Å². The lowest BCUT2D eigenvalue weighted by Gasteiger charge is -2.05. The molecule has 0 saturated carbocycles. The minimum absolute atomic E-state index is 0.112. The summed E-state index contributed by atoms with van der Waals surface area (Å²) in [7, 11) is 0. The van der Waals surface area contributed by atoms with Crippen molar-refractivity contribution < 1.29 is 9.84 Å². The van der Waals surface area contributed by atoms with Crippen molar-refractivity contribution in [3.8, 4) is 11.5 Å². The van der Waals surface area contributed by atoms with Gasteiger partial charge in [0, 0.05) is 11.6 Å². The van der Waals surface area contributed by atoms with Crippen molar-refractivity contribution in [3.63, 3.8) is 0 Å². The van der Waals surface area contributed by atoms with Gasteiger partial charge in [-0.15, -0.1) is 0 Å². The summed E-state index contributed by atoms with van der Waals surface area (Å²) in [6.07, 6.45) is 1.52. The number of phenols is 1. The van der Waals surface area contributed by atoms with Gasteiger partial charge < -0.3 is 9.84 Å². The lowest BCUT2D eigenvalue weighted by atomic mass is 10.2. The van der Waals surface area contributed by atoms with Gasteiger partial charge >= 0.3 is 0 Å². The molecule has 2 rings (SSSR count). The fourth-order valence-electron chi connectivity index (χ4n) is 1.61. The molecule has 5 heteroatoms. The molecule has 4 nitrogen and oxygen atoms in total. The van der Waals surface area contributed by atoms with E-state index in [-0.39, 0.29) is 5.75 Å². The number of nitrogens with one attached hydrogen (secondary N) is 1. The molecule has 0 spiro atoms. The number of halogens is 1. The summed E-state index contributed by atoms with van der Waals surface area (Å²) in [5, 5.41) is 14.5. The minimum atomic E-state index is 0.112. The van der Waals surface area contributed by atoms with Crippen LogP contribution in [-0.4, -0.2) is 17.9 Å². The second-order valence-electron chi connectivity index (χ2n) is 4.00. The molecule has 104 valence electrons. The van der Waals surface area contributed by atoms with Gasteiger partial charge in [-0.3, -0.25) is 5.43 Å². The zero-order valence-corrected chi connectivity index (χ0v) is 11.8. The van der Waals surface area contributed by atoms with E-state index in [0.717, 1.165) is 0 Å². The zero-order valence-electron chi connectivity index (χ0n) is 11.0. The molecule has 0 saturated heterocycles. The Labute approximate surface area is 122 Å². The number of benzene rings is 2. The van der Waals surface area contributed by atoms with Crippen molar-refractivity contribution in [2.45, 2.75) is 6.92 Å². The fraction of sp³-hybridized carbons (Fsp3) is 0.133. The van der Waals surface area contributed by atoms with Gasteiger partial charge in [0.15, 0.2) is 0 Å². The predicted octanol–water partition coefficient (Wildman–Crippen LogP) is 3.89. The average Bonchev–Trinajstić information content (AvgIpc) is 2.43. The summed E-state index contributed by atoms with van der Waals surface area (Å²) in [5.74, 6) is 0.738. The Morgan fingerprint density at radius 2 is 2.10 bits per heavy atom. The van der Waals surface area contributed by atoms with Gasteiger partial charge in [0.25, 0.3) is 0 Å². The van der Waals surface area contributed by atoms with Crippen LogP contribution in [0.15, 0.2) is 47.6 Å². The number of phenolic OH excluding ortho intramolecular Hbond substituents is 1. The molecule has 0 unspecified atom stereocenters. The van der Waals surface area contributed by atoms with Crippen molar-refractivity contribution >= 4 is 23.5 Å². The predicted molar refractivity (Wildman–Crippen MR) is 81.9 cm³/mol. The van der Waals surface area contributed by atoms with Crippen molar-refractivity contribution in [2.24, 2.45) is 5.10 Å². The highest BCUT2D eigenvalue weighted by atomic mass is 35.5. The molecule has 2 N–H and O–H groups in total. The van der Waals surface area contributed by atoms with Crippen LogP contribution < -0.4 is 10.2 Å². The Morgan fingerprint density at radius 3 is 2.80 bits per heavy atom. The molecular weight excluding hydrogens is 276 g/mol. The van der Waals surface area contributed by atoms with E-state index in [1.54, 1.807) is 24.3 Å². The molecule has 0 fully saturated rings. The third-order valence-electron chi connectivity index (χ3n) is 2.58. The number of nitrogens with zero attached hydrogens (tertiary/aromatic N) is 1. The number of anilines is 1. The van der Waals surface area contributed by atoms with Gasteiger partial charge in [0.1, 0.15) is 11.5 Å². The highest BCUT2D eigenvalue weighted by molar-refractivity contribution is 6.33. The van der Waals surface area contributed by atoms with Gasteiger partial charge in [-0.05, 0) is 31.2 Å². The van der Waals surface area contributed by atoms with Crippen LogP contribution in [0.5, 0.6) is 11.5 Å². The van der Waals surface area contributed by atoms with Crippen LogP contribution in [0, 0.1) is 0 Å². The first-order chi connectivity index (χ1) is 9.70. The Bertz CT molecular complexity index is 615. The smallest absolute Gasteiger partial charge is 0.128 e. The molecule has 20 heavy (non-hydrogen) atoms. The number of hydrogen-bond donors (Lipinski definition) is 2. The highest BCUT2D eigenvalue weighted by Crippen LogP contribution is 2.23. The molecule has 0 aliphatic rings. The second-order valence-corrected chi connectivity index (χ2v) is 4.41. The SMILES string of the molecule is CCOc1ccc(/C=N/Nc2ccccc2Cl)c(O)c1. The number of hydrazone groups is 1. The maximum Gasteiger partial charge on any atom is 0.128 e. The normalized spacial score (nSPS) is 10.7. The number of rotatable bonds is 5. The molecule has 0 radical (unpaired) electrons. The van der Waals surface area contributed by atoms with E-state index in [1.165, 1.54) is 6.21 Å². The number of para-hydroxylation sites is 1. The highest BCUT2D eigenvalue weighted by Gasteiger charge is 2.01. The lowest BCUT2D eigenvalue weighted by molar-refractivity contribution is 0.337. The molecule has 0 heterocycles. The molecule has 2 aromatic rings. The summed E-state index contributed by atoms with van der Waals surface area (Å²) in [6, 6.07) is 12.4.